The van der Waals surface area contributed by atoms with Crippen molar-refractivity contribution in [1.29, 1.82) is 5.26 Å². The van der Waals surface area contributed by atoms with Crippen molar-refractivity contribution in [2.24, 2.45) is 0 Å². The van der Waals surface area contributed by atoms with Crippen molar-refractivity contribution in [3.63, 3.8) is 0 Å². The van der Waals surface area contributed by atoms with E-state index in [0.717, 1.165) is 23.5 Å². The van der Waals surface area contributed by atoms with Crippen LogP contribution in [0.1, 0.15) is 19.4 Å². The Labute approximate surface area is 199 Å². The molecule has 0 saturated heterocycles. The first-order valence-electron chi connectivity index (χ1n) is 10.2. The summed E-state index contributed by atoms with van der Waals surface area (Å²) in [4.78, 5) is 3.96. The molecule has 0 spiro atoms. The molecular formula is C25H27N3O2S2. The Bertz CT molecular complexity index is 1070. The van der Waals surface area contributed by atoms with Gasteiger partial charge in [-0.2, -0.15) is 16.6 Å². The summed E-state index contributed by atoms with van der Waals surface area (Å²) in [6.45, 7) is 5.13. The van der Waals surface area contributed by atoms with Crippen molar-refractivity contribution in [1.82, 2.24) is 0 Å². The lowest BCUT2D eigenvalue weighted by Crippen LogP contribution is -2.29. The number of thiocarbonyl (C=S) groups is 1. The summed E-state index contributed by atoms with van der Waals surface area (Å²) in [6, 6.07) is 19.6. The van der Waals surface area contributed by atoms with Crippen LogP contribution >= 0.6 is 23.6 Å². The van der Waals surface area contributed by atoms with E-state index in [1.165, 1.54) is 5.69 Å². The fourth-order valence-electron chi connectivity index (χ4n) is 2.96. The van der Waals surface area contributed by atoms with Gasteiger partial charge in [0.1, 0.15) is 18.1 Å². The Balaban J connectivity index is 1.57. The summed E-state index contributed by atoms with van der Waals surface area (Å²) in [5, 5.41) is 13.8. The first kappa shape index (κ1) is 23.6. The van der Waals surface area contributed by atoms with Gasteiger partial charge in [-0.05, 0) is 67.3 Å². The van der Waals surface area contributed by atoms with E-state index < -0.39 is 5.41 Å². The van der Waals surface area contributed by atoms with Gasteiger partial charge in [0, 0.05) is 36.9 Å². The van der Waals surface area contributed by atoms with Gasteiger partial charge < -0.3 is 19.3 Å². The summed E-state index contributed by atoms with van der Waals surface area (Å²) >= 11 is 7.17. The third kappa shape index (κ3) is 6.00. The second-order valence-corrected chi connectivity index (χ2v) is 9.07. The molecule has 0 saturated carbocycles. The van der Waals surface area contributed by atoms with Gasteiger partial charge in [0.15, 0.2) is 0 Å². The zero-order valence-electron chi connectivity index (χ0n) is 18.7. The van der Waals surface area contributed by atoms with Gasteiger partial charge in [0.2, 0.25) is 0 Å². The van der Waals surface area contributed by atoms with Gasteiger partial charge in [-0.3, -0.25) is 0 Å². The number of anilines is 2. The quantitative estimate of drug-likeness (QED) is 0.388. The van der Waals surface area contributed by atoms with Crippen LogP contribution in [0, 0.1) is 11.3 Å². The molecule has 0 unspecified atom stereocenters. The van der Waals surface area contributed by atoms with Crippen LogP contribution in [0.3, 0.4) is 0 Å². The largest absolute Gasteiger partial charge is 0.492 e. The lowest BCUT2D eigenvalue weighted by atomic mass is 9.86. The van der Waals surface area contributed by atoms with Crippen molar-refractivity contribution >= 4 is 40.1 Å². The fraction of sp³-hybridized carbons (Fsp3) is 0.280. The zero-order valence-corrected chi connectivity index (χ0v) is 20.4. The van der Waals surface area contributed by atoms with Crippen LogP contribution in [0.5, 0.6) is 11.5 Å². The predicted octanol–water partition coefficient (Wildman–Crippen LogP) is 5.86. The molecular weight excluding hydrogens is 438 g/mol. The Morgan fingerprint density at radius 1 is 1.06 bits per heavy atom. The molecule has 0 fully saturated rings. The number of likely N-dealkylation sites (N-methyl/N-ethyl adjacent to an activating group) is 1. The number of nitriles is 1. The highest BCUT2D eigenvalue weighted by molar-refractivity contribution is 7.80. The highest BCUT2D eigenvalue weighted by Crippen LogP contribution is 2.26. The molecule has 0 aliphatic heterocycles. The van der Waals surface area contributed by atoms with Crippen molar-refractivity contribution in [2.45, 2.75) is 19.3 Å². The lowest BCUT2D eigenvalue weighted by molar-refractivity contribution is 0.326. The summed E-state index contributed by atoms with van der Waals surface area (Å²) in [5.41, 5.74) is 2.45. The van der Waals surface area contributed by atoms with E-state index in [1.54, 1.807) is 16.2 Å². The fourth-order valence-corrected chi connectivity index (χ4v) is 3.86. The summed E-state index contributed by atoms with van der Waals surface area (Å²) in [5.74, 6) is 1.40. The van der Waals surface area contributed by atoms with Crippen LogP contribution in [0.4, 0.5) is 11.4 Å². The minimum atomic E-state index is -0.547. The molecule has 1 heterocycles. The lowest BCUT2D eigenvalue weighted by Gasteiger charge is -2.22. The number of benzene rings is 2. The van der Waals surface area contributed by atoms with Crippen LogP contribution in [0.15, 0.2) is 65.4 Å². The molecule has 5 nitrogen and oxygen atoms in total. The van der Waals surface area contributed by atoms with Crippen molar-refractivity contribution in [2.75, 3.05) is 37.0 Å². The van der Waals surface area contributed by atoms with E-state index in [4.69, 9.17) is 21.7 Å². The maximum atomic E-state index is 9.29. The molecule has 7 heteroatoms. The summed E-state index contributed by atoms with van der Waals surface area (Å²) < 4.78 is 11.8. The summed E-state index contributed by atoms with van der Waals surface area (Å²) in [7, 11) is 3.91. The molecule has 0 aliphatic carbocycles. The second-order valence-electron chi connectivity index (χ2n) is 7.94. The number of thiophene rings is 1. The molecule has 32 heavy (non-hydrogen) atoms. The number of nitrogens with zero attached hydrogens (tertiary/aromatic N) is 3. The smallest absolute Gasteiger partial charge is 0.269 e. The molecule has 0 aliphatic rings. The summed E-state index contributed by atoms with van der Waals surface area (Å²) in [6.07, 6.45) is 0. The van der Waals surface area contributed by atoms with E-state index in [0.29, 0.717) is 17.5 Å². The molecule has 0 radical (unpaired) electrons. The van der Waals surface area contributed by atoms with Crippen LogP contribution in [0.2, 0.25) is 0 Å². The average Bonchev–Trinajstić information content (AvgIpc) is 3.34. The van der Waals surface area contributed by atoms with Gasteiger partial charge in [-0.25, -0.2) is 0 Å². The third-order valence-electron chi connectivity index (χ3n) is 5.18. The second kappa shape index (κ2) is 10.5. The highest BCUT2D eigenvalue weighted by atomic mass is 32.1. The Kier molecular flexibility index (Phi) is 7.73. The van der Waals surface area contributed by atoms with E-state index in [-0.39, 0.29) is 0 Å². The van der Waals surface area contributed by atoms with Crippen molar-refractivity contribution < 1.29 is 9.47 Å². The zero-order chi connectivity index (χ0) is 23.1. The molecule has 2 aromatic carbocycles. The Hall–Kier alpha value is -3.08. The molecule has 0 atom stereocenters. The maximum absolute atomic E-state index is 9.29. The number of rotatable bonds is 8. The topological polar surface area (TPSA) is 48.7 Å². The SMILES string of the molecule is CN(CCOc1cccc(N(C)C(=S)Oc2ccc(C(C)(C)C#N)cc2)c1)c1ccsc1. The molecule has 3 rings (SSSR count). The van der Waals surface area contributed by atoms with Crippen LogP contribution in [0.25, 0.3) is 0 Å². The monoisotopic (exact) mass is 465 g/mol. The molecule has 1 aromatic heterocycles. The van der Waals surface area contributed by atoms with Crippen LogP contribution in [-0.4, -0.2) is 32.4 Å². The van der Waals surface area contributed by atoms with Gasteiger partial charge >= 0.3 is 0 Å². The molecule has 166 valence electrons. The van der Waals surface area contributed by atoms with E-state index in [1.807, 2.05) is 69.4 Å². The minimum Gasteiger partial charge on any atom is -0.492 e. The van der Waals surface area contributed by atoms with Crippen LogP contribution < -0.4 is 19.3 Å². The first-order chi connectivity index (χ1) is 15.3. The van der Waals surface area contributed by atoms with E-state index in [9.17, 15) is 5.26 Å². The molecule has 0 amide bonds. The standard InChI is InChI=1S/C25H27N3O2S2/c1-25(2,18-26)19-8-10-22(11-9-19)30-24(31)28(4)20-6-5-7-23(16-20)29-14-13-27(3)21-12-15-32-17-21/h5-12,15-17H,13-14H2,1-4H3. The first-order valence-corrected chi connectivity index (χ1v) is 11.6. The Morgan fingerprint density at radius 3 is 2.47 bits per heavy atom. The van der Waals surface area contributed by atoms with Gasteiger partial charge in [0.25, 0.3) is 5.17 Å². The van der Waals surface area contributed by atoms with Gasteiger partial charge in [0.05, 0.1) is 18.0 Å². The number of hydrogen-bond acceptors (Lipinski definition) is 6. The normalized spacial score (nSPS) is 10.8. The minimum absolute atomic E-state index is 0.326. The average molecular weight is 466 g/mol. The third-order valence-corrected chi connectivity index (χ3v) is 6.21. The van der Waals surface area contributed by atoms with Crippen molar-refractivity contribution in [3.8, 4) is 17.6 Å². The predicted molar refractivity (Wildman–Crippen MR) is 136 cm³/mol. The van der Waals surface area contributed by atoms with E-state index >= 15 is 0 Å². The molecule has 0 N–H and O–H groups in total. The highest BCUT2D eigenvalue weighted by Gasteiger charge is 2.19. The van der Waals surface area contributed by atoms with Gasteiger partial charge in [-0.15, -0.1) is 0 Å². The number of hydrogen-bond donors (Lipinski definition) is 0. The van der Waals surface area contributed by atoms with Crippen LogP contribution in [-0.2, 0) is 5.41 Å². The molecule has 3 aromatic rings. The van der Waals surface area contributed by atoms with E-state index in [2.05, 4.69) is 34.8 Å². The van der Waals surface area contributed by atoms with Gasteiger partial charge in [-0.1, -0.05) is 18.2 Å². The maximum Gasteiger partial charge on any atom is 0.269 e. The molecule has 0 bridgehead atoms. The Morgan fingerprint density at radius 2 is 1.81 bits per heavy atom. The van der Waals surface area contributed by atoms with Crippen molar-refractivity contribution in [3.05, 3.63) is 70.9 Å². The number of ether oxygens (including phenoxy) is 2.